The van der Waals surface area contributed by atoms with E-state index in [1.165, 1.54) is 0 Å². The first-order valence-corrected chi connectivity index (χ1v) is 11.5. The summed E-state index contributed by atoms with van der Waals surface area (Å²) in [4.78, 5) is 13.9. The number of pyridine rings is 1. The highest BCUT2D eigenvalue weighted by molar-refractivity contribution is 5.80. The number of ether oxygens (including phenoxy) is 1. The van der Waals surface area contributed by atoms with Gasteiger partial charge in [-0.2, -0.15) is 5.10 Å². The van der Waals surface area contributed by atoms with Crippen molar-refractivity contribution in [2.24, 2.45) is 0 Å². The van der Waals surface area contributed by atoms with Crippen LogP contribution in [-0.4, -0.2) is 76.0 Å². The summed E-state index contributed by atoms with van der Waals surface area (Å²) in [6.07, 6.45) is 5.58. The van der Waals surface area contributed by atoms with E-state index in [9.17, 15) is 0 Å². The molecule has 1 aliphatic heterocycles. The lowest BCUT2D eigenvalue weighted by Gasteiger charge is -2.36. The third-order valence-corrected chi connectivity index (χ3v) is 6.24. The van der Waals surface area contributed by atoms with E-state index in [1.54, 1.807) is 7.11 Å². The van der Waals surface area contributed by atoms with Crippen LogP contribution in [0.15, 0.2) is 55.0 Å². The molecule has 176 valence electrons. The van der Waals surface area contributed by atoms with Gasteiger partial charge in [0.25, 0.3) is 0 Å². The lowest BCUT2D eigenvalue weighted by atomic mass is 10.1. The van der Waals surface area contributed by atoms with E-state index in [2.05, 4.69) is 31.3 Å². The quantitative estimate of drug-likeness (QED) is 0.436. The molecule has 0 unspecified atom stereocenters. The van der Waals surface area contributed by atoms with Crippen molar-refractivity contribution in [3.05, 3.63) is 60.6 Å². The topological polar surface area (TPSA) is 91.0 Å². The number of anilines is 3. The number of hydrogen-bond donors (Lipinski definition) is 2. The molecule has 0 bridgehead atoms. The van der Waals surface area contributed by atoms with E-state index in [-0.39, 0.29) is 6.61 Å². The Morgan fingerprint density at radius 1 is 1.09 bits per heavy atom. The Morgan fingerprint density at radius 2 is 1.94 bits per heavy atom. The van der Waals surface area contributed by atoms with E-state index in [1.807, 2.05) is 60.4 Å². The number of aliphatic hydroxyl groups is 1. The van der Waals surface area contributed by atoms with Gasteiger partial charge in [0, 0.05) is 62.4 Å². The highest BCUT2D eigenvalue weighted by atomic mass is 16.5. The summed E-state index contributed by atoms with van der Waals surface area (Å²) in [6, 6.07) is 12.1. The third kappa shape index (κ3) is 4.40. The van der Waals surface area contributed by atoms with Crippen LogP contribution in [0.4, 0.5) is 17.3 Å². The van der Waals surface area contributed by atoms with Crippen LogP contribution in [0.3, 0.4) is 0 Å². The summed E-state index contributed by atoms with van der Waals surface area (Å²) < 4.78 is 7.53. The van der Waals surface area contributed by atoms with Crippen LogP contribution >= 0.6 is 0 Å². The van der Waals surface area contributed by atoms with Crippen molar-refractivity contribution in [1.82, 2.24) is 24.5 Å². The van der Waals surface area contributed by atoms with Crippen LogP contribution in [0, 0.1) is 6.92 Å². The fourth-order valence-corrected chi connectivity index (χ4v) is 4.36. The molecule has 1 fully saturated rings. The molecule has 0 amide bonds. The molecule has 1 aromatic carbocycles. The third-order valence-electron chi connectivity index (χ3n) is 6.24. The van der Waals surface area contributed by atoms with Crippen molar-refractivity contribution >= 4 is 22.8 Å². The van der Waals surface area contributed by atoms with Crippen LogP contribution < -0.4 is 15.0 Å². The number of nitrogens with zero attached hydrogens (tertiary/aromatic N) is 6. The lowest BCUT2D eigenvalue weighted by molar-refractivity contribution is 0.189. The highest BCUT2D eigenvalue weighted by Gasteiger charge is 2.18. The van der Waals surface area contributed by atoms with Crippen LogP contribution in [0.25, 0.3) is 16.8 Å². The minimum absolute atomic E-state index is 0.203. The fourth-order valence-electron chi connectivity index (χ4n) is 4.36. The number of piperazine rings is 1. The highest BCUT2D eigenvalue weighted by Crippen LogP contribution is 2.33. The average Bonchev–Trinajstić information content (AvgIpc) is 3.30. The first kappa shape index (κ1) is 22.1. The van der Waals surface area contributed by atoms with Crippen molar-refractivity contribution in [2.75, 3.05) is 56.7 Å². The van der Waals surface area contributed by atoms with Crippen LogP contribution in [0.1, 0.15) is 5.56 Å². The Hall–Kier alpha value is -3.69. The lowest BCUT2D eigenvalue weighted by Crippen LogP contribution is -2.47. The van der Waals surface area contributed by atoms with Gasteiger partial charge in [0.2, 0.25) is 5.95 Å². The molecule has 1 saturated heterocycles. The molecule has 4 heterocycles. The number of methoxy groups -OCH3 is 1. The van der Waals surface area contributed by atoms with Gasteiger partial charge in [0.1, 0.15) is 5.75 Å². The van der Waals surface area contributed by atoms with Gasteiger partial charge < -0.3 is 20.1 Å². The Labute approximate surface area is 198 Å². The molecule has 0 radical (unpaired) electrons. The smallest absolute Gasteiger partial charge is 0.227 e. The predicted molar refractivity (Wildman–Crippen MR) is 133 cm³/mol. The number of aliphatic hydroxyl groups excluding tert-OH is 1. The fraction of sp³-hybridized carbons (Fsp3) is 0.320. The van der Waals surface area contributed by atoms with Gasteiger partial charge in [0.05, 0.1) is 36.8 Å². The summed E-state index contributed by atoms with van der Waals surface area (Å²) in [5.74, 6) is 1.23. The van der Waals surface area contributed by atoms with Crippen molar-refractivity contribution in [2.45, 2.75) is 6.92 Å². The zero-order chi connectivity index (χ0) is 23.5. The number of rotatable bonds is 7. The molecule has 4 aromatic rings. The Balaban J connectivity index is 1.38. The van der Waals surface area contributed by atoms with E-state index in [0.29, 0.717) is 5.95 Å². The van der Waals surface area contributed by atoms with Gasteiger partial charge in [0.15, 0.2) is 0 Å². The first-order chi connectivity index (χ1) is 16.7. The molecule has 34 heavy (non-hydrogen) atoms. The molecular weight excluding hydrogens is 430 g/mol. The summed E-state index contributed by atoms with van der Waals surface area (Å²) in [7, 11) is 1.67. The average molecular weight is 460 g/mol. The molecule has 0 saturated carbocycles. The number of hydrogen-bond acceptors (Lipinski definition) is 8. The molecule has 9 nitrogen and oxygen atoms in total. The molecule has 0 spiro atoms. The Morgan fingerprint density at radius 3 is 2.74 bits per heavy atom. The van der Waals surface area contributed by atoms with Crippen LogP contribution in [-0.2, 0) is 0 Å². The molecule has 3 aromatic heterocycles. The van der Waals surface area contributed by atoms with E-state index < -0.39 is 0 Å². The maximum atomic E-state index is 9.16. The van der Waals surface area contributed by atoms with E-state index >= 15 is 0 Å². The second-order valence-corrected chi connectivity index (χ2v) is 8.38. The zero-order valence-corrected chi connectivity index (χ0v) is 19.5. The summed E-state index contributed by atoms with van der Waals surface area (Å²) in [6.45, 7) is 6.64. The number of aromatic nitrogens is 4. The predicted octanol–water partition coefficient (Wildman–Crippen LogP) is 2.97. The molecule has 2 N–H and O–H groups in total. The number of fused-ring (bicyclic) bond motifs is 1. The largest absolute Gasteiger partial charge is 0.494 e. The standard InChI is InChI=1S/C25H29N7O2/c1-18-16-26-25(29-24(18)20-17-27-32-8-4-3-5-22(20)32)28-21-7-6-19(15-23(21)34-2)31-11-9-30(10-12-31)13-14-33/h3-8,15-17,33H,9-14H2,1-2H3,(H,26,28,29). The van der Waals surface area contributed by atoms with E-state index in [0.717, 1.165) is 72.2 Å². The van der Waals surface area contributed by atoms with Gasteiger partial charge in [-0.05, 0) is 36.8 Å². The van der Waals surface area contributed by atoms with Gasteiger partial charge >= 0.3 is 0 Å². The second-order valence-electron chi connectivity index (χ2n) is 8.38. The molecule has 0 aliphatic carbocycles. The monoisotopic (exact) mass is 459 g/mol. The van der Waals surface area contributed by atoms with Gasteiger partial charge in [-0.1, -0.05) is 6.07 Å². The van der Waals surface area contributed by atoms with Gasteiger partial charge in [-0.3, -0.25) is 4.90 Å². The summed E-state index contributed by atoms with van der Waals surface area (Å²) in [5.41, 5.74) is 5.70. The molecule has 0 atom stereocenters. The summed E-state index contributed by atoms with van der Waals surface area (Å²) >= 11 is 0. The number of aryl methyl sites for hydroxylation is 1. The van der Waals surface area contributed by atoms with Crippen molar-refractivity contribution in [3.8, 4) is 17.0 Å². The minimum Gasteiger partial charge on any atom is -0.494 e. The van der Waals surface area contributed by atoms with Crippen LogP contribution in [0.5, 0.6) is 5.75 Å². The molecule has 1 aliphatic rings. The van der Waals surface area contributed by atoms with Gasteiger partial charge in [-0.25, -0.2) is 14.5 Å². The normalized spacial score (nSPS) is 14.5. The van der Waals surface area contributed by atoms with Crippen molar-refractivity contribution in [1.29, 1.82) is 0 Å². The zero-order valence-electron chi connectivity index (χ0n) is 19.5. The molecule has 9 heteroatoms. The number of nitrogens with one attached hydrogen (secondary N) is 1. The second kappa shape index (κ2) is 9.66. The Kier molecular flexibility index (Phi) is 6.29. The maximum absolute atomic E-state index is 9.16. The van der Waals surface area contributed by atoms with Gasteiger partial charge in [-0.15, -0.1) is 0 Å². The maximum Gasteiger partial charge on any atom is 0.227 e. The van der Waals surface area contributed by atoms with Crippen molar-refractivity contribution < 1.29 is 9.84 Å². The molecule has 5 rings (SSSR count). The number of β-amino-alcohol motifs (C(OH)–C–C–N with tert-alkyl or cyclic N) is 1. The van der Waals surface area contributed by atoms with Crippen LogP contribution in [0.2, 0.25) is 0 Å². The number of benzene rings is 1. The Bertz CT molecular complexity index is 1280. The first-order valence-electron chi connectivity index (χ1n) is 11.5. The van der Waals surface area contributed by atoms with Crippen molar-refractivity contribution in [3.63, 3.8) is 0 Å². The van der Waals surface area contributed by atoms with E-state index in [4.69, 9.17) is 14.8 Å². The SMILES string of the molecule is COc1cc(N2CCN(CCO)CC2)ccc1Nc1ncc(C)c(-c2cnn3ccccc23)n1. The minimum atomic E-state index is 0.203. The summed E-state index contributed by atoms with van der Waals surface area (Å²) in [5, 5.41) is 16.9. The molecular formula is C25H29N7O2.